The van der Waals surface area contributed by atoms with Crippen LogP contribution in [0.2, 0.25) is 5.02 Å². The Bertz CT molecular complexity index is 873. The second kappa shape index (κ2) is 9.64. The van der Waals surface area contributed by atoms with Crippen LogP contribution in [0.5, 0.6) is 0 Å². The lowest BCUT2D eigenvalue weighted by molar-refractivity contribution is 0.593. The fraction of sp³-hybridized carbons (Fsp3) is 0.167. The van der Waals surface area contributed by atoms with Crippen LogP contribution in [-0.4, -0.2) is 20.7 Å². The van der Waals surface area contributed by atoms with Crippen LogP contribution in [0.3, 0.4) is 0 Å². The predicted molar refractivity (Wildman–Crippen MR) is 105 cm³/mol. The third-order valence-electron chi connectivity index (χ3n) is 3.25. The first kappa shape index (κ1) is 19.5. The highest BCUT2D eigenvalue weighted by Crippen LogP contribution is 2.15. The topological polar surface area (TPSA) is 70.0 Å². The van der Waals surface area contributed by atoms with Gasteiger partial charge in [-0.25, -0.2) is 13.1 Å². The summed E-state index contributed by atoms with van der Waals surface area (Å²) in [5.41, 5.74) is 2.37. The van der Waals surface area contributed by atoms with Crippen molar-refractivity contribution in [3.63, 3.8) is 0 Å². The van der Waals surface area contributed by atoms with Gasteiger partial charge in [0, 0.05) is 28.5 Å². The fourth-order valence-corrected chi connectivity index (χ4v) is 3.92. The third kappa shape index (κ3) is 6.92. The number of hydrogen-bond acceptors (Lipinski definition) is 4. The fourth-order valence-electron chi connectivity index (χ4n) is 1.98. The molecule has 0 aliphatic carbocycles. The molecular weight excluding hydrogens is 376 g/mol. The van der Waals surface area contributed by atoms with Gasteiger partial charge in [-0.15, -0.1) is 0 Å². The standard InChI is InChI=1S/C18H17ClN2O2S2/c19-18-7-5-15(6-8-18)9-12-25(22,23)21-10-11-24-14-17-4-2-1-3-16(17)13-20/h1-9,12,21H,10-11,14H2/b12-9+. The minimum absolute atomic E-state index is 0.326. The molecule has 0 fully saturated rings. The maximum Gasteiger partial charge on any atom is 0.233 e. The summed E-state index contributed by atoms with van der Waals surface area (Å²) in [4.78, 5) is 0. The van der Waals surface area contributed by atoms with Gasteiger partial charge in [0.1, 0.15) is 0 Å². The van der Waals surface area contributed by atoms with Crippen molar-refractivity contribution in [3.05, 3.63) is 75.7 Å². The highest BCUT2D eigenvalue weighted by molar-refractivity contribution is 7.98. The van der Waals surface area contributed by atoms with Crippen LogP contribution in [0.4, 0.5) is 0 Å². The molecule has 0 aliphatic rings. The zero-order valence-corrected chi connectivity index (χ0v) is 15.7. The summed E-state index contributed by atoms with van der Waals surface area (Å²) in [5, 5.41) is 10.8. The second-order valence-electron chi connectivity index (χ2n) is 5.12. The highest BCUT2D eigenvalue weighted by Gasteiger charge is 2.05. The Morgan fingerprint density at radius 3 is 2.60 bits per heavy atom. The number of nitrogens with one attached hydrogen (secondary N) is 1. The second-order valence-corrected chi connectivity index (χ2v) is 8.31. The van der Waals surface area contributed by atoms with Gasteiger partial charge in [-0.1, -0.05) is 41.9 Å². The maximum atomic E-state index is 11.9. The van der Waals surface area contributed by atoms with E-state index in [0.29, 0.717) is 28.6 Å². The van der Waals surface area contributed by atoms with Crippen molar-refractivity contribution < 1.29 is 8.42 Å². The lowest BCUT2D eigenvalue weighted by Crippen LogP contribution is -2.23. The quantitative estimate of drug-likeness (QED) is 0.688. The SMILES string of the molecule is N#Cc1ccccc1CSCCNS(=O)(=O)/C=C/c1ccc(Cl)cc1. The molecule has 0 bridgehead atoms. The molecule has 0 spiro atoms. The molecule has 25 heavy (non-hydrogen) atoms. The van der Waals surface area contributed by atoms with Gasteiger partial charge in [-0.05, 0) is 35.4 Å². The van der Waals surface area contributed by atoms with E-state index in [-0.39, 0.29) is 0 Å². The van der Waals surface area contributed by atoms with Gasteiger partial charge in [-0.3, -0.25) is 0 Å². The van der Waals surface area contributed by atoms with Crippen LogP contribution in [0, 0.1) is 11.3 Å². The van der Waals surface area contributed by atoms with Gasteiger partial charge < -0.3 is 0 Å². The molecule has 0 aromatic heterocycles. The van der Waals surface area contributed by atoms with Crippen molar-refractivity contribution in [3.8, 4) is 6.07 Å². The Hall–Kier alpha value is -1.78. The van der Waals surface area contributed by atoms with Crippen LogP contribution in [0.25, 0.3) is 6.08 Å². The normalized spacial score (nSPS) is 11.5. The number of benzene rings is 2. The molecule has 0 aliphatic heterocycles. The highest BCUT2D eigenvalue weighted by atomic mass is 35.5. The molecule has 0 saturated carbocycles. The smallest absolute Gasteiger partial charge is 0.211 e. The van der Waals surface area contributed by atoms with Crippen molar-refractivity contribution in [1.82, 2.24) is 4.72 Å². The number of thioether (sulfide) groups is 1. The Labute approximate surface area is 157 Å². The van der Waals surface area contributed by atoms with Crippen LogP contribution >= 0.6 is 23.4 Å². The summed E-state index contributed by atoms with van der Waals surface area (Å²) in [7, 11) is -3.48. The molecule has 130 valence electrons. The van der Waals surface area contributed by atoms with E-state index < -0.39 is 10.0 Å². The summed E-state index contributed by atoms with van der Waals surface area (Å²) in [5.74, 6) is 1.29. The van der Waals surface area contributed by atoms with Crippen molar-refractivity contribution in [1.29, 1.82) is 5.26 Å². The summed E-state index contributed by atoms with van der Waals surface area (Å²) < 4.78 is 26.4. The van der Waals surface area contributed by atoms with Gasteiger partial charge in [-0.2, -0.15) is 17.0 Å². The summed E-state index contributed by atoms with van der Waals surface area (Å²) in [6, 6.07) is 16.5. The Morgan fingerprint density at radius 2 is 1.88 bits per heavy atom. The number of nitrogens with zero attached hydrogens (tertiary/aromatic N) is 1. The molecule has 0 unspecified atom stereocenters. The van der Waals surface area contributed by atoms with Crippen molar-refractivity contribution in [2.45, 2.75) is 5.75 Å². The maximum absolute atomic E-state index is 11.9. The van der Waals surface area contributed by atoms with Gasteiger partial charge in [0.05, 0.1) is 11.6 Å². The van der Waals surface area contributed by atoms with Crippen LogP contribution in [0.1, 0.15) is 16.7 Å². The monoisotopic (exact) mass is 392 g/mol. The van der Waals surface area contributed by atoms with Crippen LogP contribution in [-0.2, 0) is 15.8 Å². The van der Waals surface area contributed by atoms with Crippen molar-refractivity contribution >= 4 is 39.5 Å². The van der Waals surface area contributed by atoms with E-state index in [1.807, 2.05) is 18.2 Å². The summed E-state index contributed by atoms with van der Waals surface area (Å²) >= 11 is 7.36. The van der Waals surface area contributed by atoms with Gasteiger partial charge in [0.2, 0.25) is 10.0 Å². The van der Waals surface area contributed by atoms with E-state index >= 15 is 0 Å². The van der Waals surface area contributed by atoms with Crippen LogP contribution in [0.15, 0.2) is 53.9 Å². The lowest BCUT2D eigenvalue weighted by atomic mass is 10.1. The zero-order valence-electron chi connectivity index (χ0n) is 13.4. The minimum Gasteiger partial charge on any atom is -0.211 e. The molecule has 4 nitrogen and oxygen atoms in total. The summed E-state index contributed by atoms with van der Waals surface area (Å²) in [6.07, 6.45) is 1.52. The van der Waals surface area contributed by atoms with Crippen molar-refractivity contribution in [2.75, 3.05) is 12.3 Å². The first-order valence-electron chi connectivity index (χ1n) is 7.49. The lowest BCUT2D eigenvalue weighted by Gasteiger charge is -2.05. The Balaban J connectivity index is 1.77. The molecule has 0 heterocycles. The first-order valence-corrected chi connectivity index (χ1v) is 10.6. The van der Waals surface area contributed by atoms with E-state index in [0.717, 1.165) is 16.5 Å². The van der Waals surface area contributed by atoms with E-state index in [9.17, 15) is 8.42 Å². The number of hydrogen-bond donors (Lipinski definition) is 1. The number of sulfonamides is 1. The number of rotatable bonds is 8. The van der Waals surface area contributed by atoms with Crippen LogP contribution < -0.4 is 4.72 Å². The van der Waals surface area contributed by atoms with Gasteiger partial charge in [0.15, 0.2) is 0 Å². The molecule has 0 saturated heterocycles. The molecule has 7 heteroatoms. The average molecular weight is 393 g/mol. The number of nitriles is 1. The third-order valence-corrected chi connectivity index (χ3v) is 5.62. The molecule has 2 rings (SSSR count). The van der Waals surface area contributed by atoms with E-state index in [1.165, 1.54) is 6.08 Å². The molecule has 1 N–H and O–H groups in total. The van der Waals surface area contributed by atoms with Crippen molar-refractivity contribution in [2.24, 2.45) is 0 Å². The number of halogens is 1. The molecular formula is C18H17ClN2O2S2. The molecule has 2 aromatic rings. The molecule has 0 radical (unpaired) electrons. The van der Waals surface area contributed by atoms with E-state index in [4.69, 9.17) is 16.9 Å². The summed E-state index contributed by atoms with van der Waals surface area (Å²) in [6.45, 7) is 0.326. The van der Waals surface area contributed by atoms with Gasteiger partial charge >= 0.3 is 0 Å². The van der Waals surface area contributed by atoms with E-state index in [1.54, 1.807) is 42.1 Å². The largest absolute Gasteiger partial charge is 0.233 e. The zero-order chi connectivity index (χ0) is 18.1. The first-order chi connectivity index (χ1) is 12.0. The molecule has 0 amide bonds. The minimum atomic E-state index is -3.48. The molecule has 2 aromatic carbocycles. The average Bonchev–Trinajstić information content (AvgIpc) is 2.61. The Morgan fingerprint density at radius 1 is 1.16 bits per heavy atom. The Kier molecular flexibility index (Phi) is 7.53. The van der Waals surface area contributed by atoms with E-state index in [2.05, 4.69) is 10.8 Å². The molecule has 0 atom stereocenters. The van der Waals surface area contributed by atoms with Gasteiger partial charge in [0.25, 0.3) is 0 Å². The predicted octanol–water partition coefficient (Wildman–Crippen LogP) is 4.04.